The fourth-order valence-corrected chi connectivity index (χ4v) is 2.98. The van der Waals surface area contributed by atoms with Gasteiger partial charge in [0.25, 0.3) is 5.56 Å². The average Bonchev–Trinajstić information content (AvgIpc) is 3.01. The van der Waals surface area contributed by atoms with E-state index in [1.54, 1.807) is 10.9 Å². The molecule has 0 amide bonds. The highest BCUT2D eigenvalue weighted by molar-refractivity contribution is 5.74. The summed E-state index contributed by atoms with van der Waals surface area (Å²) in [5.74, 6) is 0.493. The summed E-state index contributed by atoms with van der Waals surface area (Å²) in [6.07, 6.45) is 3.38. The van der Waals surface area contributed by atoms with Crippen LogP contribution in [0.4, 0.5) is 5.95 Å². The summed E-state index contributed by atoms with van der Waals surface area (Å²) >= 11 is 0. The second kappa shape index (κ2) is 6.94. The largest absolute Gasteiger partial charge is 0.353 e. The van der Waals surface area contributed by atoms with E-state index in [1.165, 1.54) is 11.1 Å². The highest BCUT2D eigenvalue weighted by Crippen LogP contribution is 2.19. The van der Waals surface area contributed by atoms with Crippen molar-refractivity contribution in [3.8, 4) is 0 Å². The second-order valence-corrected chi connectivity index (χ2v) is 7.82. The van der Waals surface area contributed by atoms with Crippen molar-refractivity contribution < 1.29 is 0 Å². The minimum Gasteiger partial charge on any atom is -0.353 e. The molecule has 0 spiro atoms. The summed E-state index contributed by atoms with van der Waals surface area (Å²) in [5, 5.41) is 8.25. The van der Waals surface area contributed by atoms with E-state index in [4.69, 9.17) is 0 Å². The fraction of sp³-hybridized carbons (Fsp3) is 0.450. The van der Waals surface area contributed by atoms with E-state index in [9.17, 15) is 4.79 Å². The van der Waals surface area contributed by atoms with Crippen LogP contribution in [-0.4, -0.2) is 25.8 Å². The molecule has 1 aromatic carbocycles. The quantitative estimate of drug-likeness (QED) is 0.735. The summed E-state index contributed by atoms with van der Waals surface area (Å²) in [6.45, 7) is 10.3. The van der Waals surface area contributed by atoms with Gasteiger partial charge in [-0.3, -0.25) is 9.78 Å². The molecule has 3 aromatic rings. The zero-order valence-corrected chi connectivity index (χ0v) is 16.1. The lowest BCUT2D eigenvalue weighted by Gasteiger charge is -2.21. The van der Waals surface area contributed by atoms with Crippen molar-refractivity contribution in [2.75, 3.05) is 5.32 Å². The van der Waals surface area contributed by atoms with Gasteiger partial charge in [0.15, 0.2) is 5.65 Å². The molecule has 2 aromatic heterocycles. The van der Waals surface area contributed by atoms with E-state index in [-0.39, 0.29) is 17.1 Å². The summed E-state index contributed by atoms with van der Waals surface area (Å²) in [5.41, 5.74) is 2.71. The van der Waals surface area contributed by atoms with Gasteiger partial charge >= 0.3 is 0 Å². The van der Waals surface area contributed by atoms with E-state index in [0.29, 0.717) is 17.0 Å². The highest BCUT2D eigenvalue weighted by Gasteiger charge is 2.20. The number of anilines is 1. The number of nitrogens with one attached hydrogen (secondary N) is 2. The Kier molecular flexibility index (Phi) is 4.85. The van der Waals surface area contributed by atoms with Crippen LogP contribution >= 0.6 is 0 Å². The first-order valence-electron chi connectivity index (χ1n) is 9.08. The van der Waals surface area contributed by atoms with Crippen molar-refractivity contribution in [3.05, 3.63) is 51.9 Å². The molecular formula is C20H27N5O. The monoisotopic (exact) mass is 353 g/mol. The molecule has 2 heterocycles. The molecule has 0 fully saturated rings. The molecule has 2 N–H and O–H groups in total. The number of aryl methyl sites for hydroxylation is 1. The molecule has 6 heteroatoms. The Balaban J connectivity index is 1.89. The molecule has 0 aliphatic heterocycles. The van der Waals surface area contributed by atoms with Crippen LogP contribution in [0, 0.1) is 6.92 Å². The minimum atomic E-state index is -0.244. The Hall–Kier alpha value is -2.63. The van der Waals surface area contributed by atoms with Gasteiger partial charge in [-0.15, -0.1) is 0 Å². The normalized spacial score (nSPS) is 13.1. The van der Waals surface area contributed by atoms with Crippen LogP contribution in [-0.2, 0) is 12.0 Å². The lowest BCUT2D eigenvalue weighted by molar-refractivity contribution is 0.366. The maximum Gasteiger partial charge on any atom is 0.263 e. The van der Waals surface area contributed by atoms with Crippen LogP contribution in [0.5, 0.6) is 0 Å². The van der Waals surface area contributed by atoms with Gasteiger partial charge in [0.05, 0.1) is 11.7 Å². The molecule has 0 bridgehead atoms. The number of fused-ring (bicyclic) bond motifs is 1. The van der Waals surface area contributed by atoms with Crippen molar-refractivity contribution >= 4 is 17.0 Å². The first-order valence-corrected chi connectivity index (χ1v) is 9.08. The number of aromatic amines is 1. The van der Waals surface area contributed by atoms with Gasteiger partial charge in [-0.2, -0.15) is 10.1 Å². The number of nitrogens with zero attached hydrogens (tertiary/aromatic N) is 3. The maximum absolute atomic E-state index is 12.4. The van der Waals surface area contributed by atoms with E-state index in [0.717, 1.165) is 12.8 Å². The number of benzene rings is 1. The molecule has 0 saturated carbocycles. The third-order valence-corrected chi connectivity index (χ3v) is 4.51. The van der Waals surface area contributed by atoms with Crippen molar-refractivity contribution in [1.29, 1.82) is 0 Å². The molecule has 0 radical (unpaired) electrons. The molecule has 0 aliphatic rings. The van der Waals surface area contributed by atoms with Gasteiger partial charge in [-0.05, 0) is 46.1 Å². The number of H-pyrrole nitrogens is 1. The topological polar surface area (TPSA) is 75.6 Å². The van der Waals surface area contributed by atoms with Crippen LogP contribution in [0.15, 0.2) is 35.3 Å². The molecule has 26 heavy (non-hydrogen) atoms. The molecule has 3 rings (SSSR count). The van der Waals surface area contributed by atoms with Gasteiger partial charge in [0, 0.05) is 6.04 Å². The van der Waals surface area contributed by atoms with Crippen molar-refractivity contribution in [2.45, 2.75) is 59.0 Å². The van der Waals surface area contributed by atoms with Gasteiger partial charge in [-0.25, -0.2) is 4.68 Å². The zero-order valence-electron chi connectivity index (χ0n) is 16.1. The molecular weight excluding hydrogens is 326 g/mol. The number of hydrogen-bond acceptors (Lipinski definition) is 4. The summed E-state index contributed by atoms with van der Waals surface area (Å²) < 4.78 is 1.80. The maximum atomic E-state index is 12.4. The molecule has 0 aliphatic carbocycles. The minimum absolute atomic E-state index is 0.168. The number of hydrogen-bond donors (Lipinski definition) is 2. The van der Waals surface area contributed by atoms with E-state index < -0.39 is 0 Å². The Labute approximate surface area is 153 Å². The summed E-state index contributed by atoms with van der Waals surface area (Å²) in [6, 6.07) is 8.72. The molecule has 0 saturated heterocycles. The van der Waals surface area contributed by atoms with Crippen molar-refractivity contribution in [2.24, 2.45) is 0 Å². The van der Waals surface area contributed by atoms with Crippen LogP contribution < -0.4 is 10.9 Å². The van der Waals surface area contributed by atoms with Crippen LogP contribution in [0.25, 0.3) is 11.0 Å². The van der Waals surface area contributed by atoms with Gasteiger partial charge < -0.3 is 5.32 Å². The third kappa shape index (κ3) is 3.79. The second-order valence-electron chi connectivity index (χ2n) is 7.82. The van der Waals surface area contributed by atoms with Gasteiger partial charge in [0.2, 0.25) is 5.95 Å². The summed E-state index contributed by atoms with van der Waals surface area (Å²) in [4.78, 5) is 19.9. The molecule has 1 atom stereocenters. The van der Waals surface area contributed by atoms with Crippen molar-refractivity contribution in [1.82, 2.24) is 19.7 Å². The van der Waals surface area contributed by atoms with Crippen molar-refractivity contribution in [3.63, 3.8) is 0 Å². The first-order chi connectivity index (χ1) is 12.3. The van der Waals surface area contributed by atoms with E-state index in [2.05, 4.69) is 58.5 Å². The first kappa shape index (κ1) is 18.2. The van der Waals surface area contributed by atoms with Gasteiger partial charge in [-0.1, -0.05) is 36.8 Å². The van der Waals surface area contributed by atoms with Crippen LogP contribution in [0.2, 0.25) is 0 Å². The van der Waals surface area contributed by atoms with Gasteiger partial charge in [0.1, 0.15) is 5.39 Å². The van der Waals surface area contributed by atoms with Crippen LogP contribution in [0.3, 0.4) is 0 Å². The predicted molar refractivity (Wildman–Crippen MR) is 106 cm³/mol. The zero-order chi connectivity index (χ0) is 18.9. The smallest absolute Gasteiger partial charge is 0.263 e. The third-order valence-electron chi connectivity index (χ3n) is 4.51. The van der Waals surface area contributed by atoms with Crippen LogP contribution in [0.1, 0.15) is 45.2 Å². The molecule has 138 valence electrons. The molecule has 6 nitrogen and oxygen atoms in total. The Morgan fingerprint density at radius 2 is 1.92 bits per heavy atom. The average molecular weight is 353 g/mol. The lowest BCUT2D eigenvalue weighted by Crippen LogP contribution is -2.26. The Morgan fingerprint density at radius 3 is 2.54 bits per heavy atom. The molecule has 1 unspecified atom stereocenters. The predicted octanol–water partition coefficient (Wildman–Crippen LogP) is 3.62. The highest BCUT2D eigenvalue weighted by atomic mass is 16.1. The summed E-state index contributed by atoms with van der Waals surface area (Å²) in [7, 11) is 0. The Morgan fingerprint density at radius 1 is 1.23 bits per heavy atom. The number of rotatable bonds is 5. The SMILES string of the molecule is CCC(Cc1ccc(C)cc1)Nc1nc2c(cnn2C(C)(C)C)c(=O)[nH]1. The Bertz CT molecular complexity index is 947. The number of aromatic nitrogens is 4. The fourth-order valence-electron chi connectivity index (χ4n) is 2.98. The lowest BCUT2D eigenvalue weighted by atomic mass is 10.0. The standard InChI is InChI=1S/C20H27N5O/c1-6-15(11-14-9-7-13(2)8-10-14)22-19-23-17-16(18(26)24-19)12-21-25(17)20(3,4)5/h7-10,12,15H,6,11H2,1-5H3,(H2,22,23,24,26). The van der Waals surface area contributed by atoms with E-state index >= 15 is 0 Å². The van der Waals surface area contributed by atoms with E-state index in [1.807, 2.05) is 20.8 Å².